The van der Waals surface area contributed by atoms with Crippen molar-refractivity contribution in [2.75, 3.05) is 0 Å². The zero-order valence-corrected chi connectivity index (χ0v) is 11.5. The van der Waals surface area contributed by atoms with Gasteiger partial charge in [0.1, 0.15) is 17.5 Å². The Morgan fingerprint density at radius 1 is 1.47 bits per heavy atom. The molecule has 0 spiro atoms. The number of nitrogens with two attached hydrogens (primary N) is 1. The quantitative estimate of drug-likeness (QED) is 0.672. The van der Waals surface area contributed by atoms with Crippen LogP contribution in [0, 0.1) is 5.82 Å². The maximum absolute atomic E-state index is 13.2. The van der Waals surface area contributed by atoms with Gasteiger partial charge < -0.3 is 10.5 Å². The van der Waals surface area contributed by atoms with E-state index >= 15 is 0 Å². The molecule has 3 nitrogen and oxygen atoms in total. The van der Waals surface area contributed by atoms with Crippen LogP contribution in [0.15, 0.2) is 36.9 Å². The van der Waals surface area contributed by atoms with Gasteiger partial charge in [0, 0.05) is 5.92 Å². The van der Waals surface area contributed by atoms with E-state index < -0.39 is 23.5 Å². The number of rotatable bonds is 4. The van der Waals surface area contributed by atoms with Crippen LogP contribution < -0.4 is 5.73 Å². The summed E-state index contributed by atoms with van der Waals surface area (Å²) < 4.78 is 18.4. The molecule has 0 bridgehead atoms. The molecule has 0 heterocycles. The van der Waals surface area contributed by atoms with Crippen LogP contribution in [-0.2, 0) is 9.53 Å². The average Bonchev–Trinajstić information content (AvgIpc) is 2.27. The molecule has 19 heavy (non-hydrogen) atoms. The minimum Gasteiger partial charge on any atom is -0.459 e. The van der Waals surface area contributed by atoms with Crippen LogP contribution in [0.3, 0.4) is 0 Å². The number of carbonyl (C=O) groups excluding carboxylic acids is 1. The van der Waals surface area contributed by atoms with Gasteiger partial charge in [-0.3, -0.25) is 4.79 Å². The monoisotopic (exact) mass is 265 g/mol. The summed E-state index contributed by atoms with van der Waals surface area (Å²) in [5.41, 5.74) is 5.89. The fourth-order valence-corrected chi connectivity index (χ4v) is 1.72. The Morgan fingerprint density at radius 3 is 2.58 bits per heavy atom. The number of hydrogen-bond acceptors (Lipinski definition) is 3. The molecule has 1 aromatic rings. The summed E-state index contributed by atoms with van der Waals surface area (Å²) in [4.78, 5) is 11.9. The van der Waals surface area contributed by atoms with Crippen molar-refractivity contribution >= 4 is 5.97 Å². The van der Waals surface area contributed by atoms with Gasteiger partial charge in [0.2, 0.25) is 0 Å². The molecule has 0 aliphatic carbocycles. The predicted molar refractivity (Wildman–Crippen MR) is 73.2 cm³/mol. The highest BCUT2D eigenvalue weighted by Crippen LogP contribution is 2.22. The third kappa shape index (κ3) is 4.48. The van der Waals surface area contributed by atoms with Crippen molar-refractivity contribution in [2.24, 2.45) is 5.73 Å². The van der Waals surface area contributed by atoms with E-state index in [4.69, 9.17) is 10.5 Å². The van der Waals surface area contributed by atoms with Gasteiger partial charge in [-0.05, 0) is 38.5 Å². The van der Waals surface area contributed by atoms with Crippen molar-refractivity contribution in [3.8, 4) is 0 Å². The van der Waals surface area contributed by atoms with Gasteiger partial charge in [-0.25, -0.2) is 4.39 Å². The first-order valence-electron chi connectivity index (χ1n) is 6.11. The number of hydrogen-bond donors (Lipinski definition) is 1. The average molecular weight is 265 g/mol. The summed E-state index contributed by atoms with van der Waals surface area (Å²) in [5.74, 6) is -1.38. The summed E-state index contributed by atoms with van der Waals surface area (Å²) in [6.45, 7) is 8.96. The van der Waals surface area contributed by atoms with Crippen LogP contribution in [0.25, 0.3) is 0 Å². The van der Waals surface area contributed by atoms with Crippen LogP contribution in [-0.4, -0.2) is 17.6 Å². The minimum absolute atomic E-state index is 0.374. The molecule has 104 valence electrons. The molecule has 0 aliphatic heterocycles. The van der Waals surface area contributed by atoms with Crippen molar-refractivity contribution in [1.29, 1.82) is 0 Å². The first kappa shape index (κ1) is 15.4. The van der Waals surface area contributed by atoms with Crippen molar-refractivity contribution < 1.29 is 13.9 Å². The second-order valence-electron chi connectivity index (χ2n) is 5.38. The summed E-state index contributed by atoms with van der Waals surface area (Å²) >= 11 is 0. The SMILES string of the molecule is C=C[C@@H](c1cccc(F)c1)[C@H](N)C(=O)OC(C)(C)C. The van der Waals surface area contributed by atoms with E-state index in [0.717, 1.165) is 0 Å². The first-order chi connectivity index (χ1) is 8.74. The predicted octanol–water partition coefficient (Wildman–Crippen LogP) is 2.76. The van der Waals surface area contributed by atoms with E-state index in [2.05, 4.69) is 6.58 Å². The van der Waals surface area contributed by atoms with Crippen LogP contribution in [0.4, 0.5) is 4.39 Å². The molecular formula is C15H20FNO2. The molecule has 2 N–H and O–H groups in total. The standard InChI is InChI=1S/C15H20FNO2/c1-5-12(10-7-6-8-11(16)9-10)13(17)14(18)19-15(2,3)4/h5-9,12-13H,1,17H2,2-4H3/t12-,13-/m0/s1. The summed E-state index contributed by atoms with van der Waals surface area (Å²) in [6.07, 6.45) is 1.53. The van der Waals surface area contributed by atoms with Gasteiger partial charge in [-0.1, -0.05) is 18.2 Å². The van der Waals surface area contributed by atoms with Crippen LogP contribution in [0.5, 0.6) is 0 Å². The highest BCUT2D eigenvalue weighted by molar-refractivity contribution is 5.77. The summed E-state index contributed by atoms with van der Waals surface area (Å²) in [7, 11) is 0. The number of ether oxygens (including phenoxy) is 1. The Bertz CT molecular complexity index is 465. The van der Waals surface area contributed by atoms with Gasteiger partial charge in [0.15, 0.2) is 0 Å². The lowest BCUT2D eigenvalue weighted by atomic mass is 9.92. The molecule has 1 aromatic carbocycles. The molecular weight excluding hydrogens is 245 g/mol. The van der Waals surface area contributed by atoms with Crippen LogP contribution in [0.2, 0.25) is 0 Å². The van der Waals surface area contributed by atoms with Gasteiger partial charge in [0.05, 0.1) is 0 Å². The lowest BCUT2D eigenvalue weighted by Gasteiger charge is -2.25. The largest absolute Gasteiger partial charge is 0.459 e. The summed E-state index contributed by atoms with van der Waals surface area (Å²) in [6, 6.07) is 5.06. The second-order valence-corrected chi connectivity index (χ2v) is 5.38. The van der Waals surface area contributed by atoms with E-state index in [-0.39, 0.29) is 5.82 Å². The number of carbonyl (C=O) groups is 1. The lowest BCUT2D eigenvalue weighted by Crippen LogP contribution is -2.41. The fraction of sp³-hybridized carbons (Fsp3) is 0.400. The Labute approximate surface area is 113 Å². The van der Waals surface area contributed by atoms with E-state index in [1.165, 1.54) is 18.2 Å². The molecule has 0 aromatic heterocycles. The van der Waals surface area contributed by atoms with Crippen molar-refractivity contribution in [2.45, 2.75) is 38.3 Å². The molecule has 0 aliphatic rings. The number of benzene rings is 1. The Balaban J connectivity index is 2.91. The van der Waals surface area contributed by atoms with Gasteiger partial charge in [-0.15, -0.1) is 6.58 Å². The smallest absolute Gasteiger partial charge is 0.324 e. The van der Waals surface area contributed by atoms with Crippen LogP contribution >= 0.6 is 0 Å². The summed E-state index contributed by atoms with van der Waals surface area (Å²) in [5, 5.41) is 0. The van der Waals surface area contributed by atoms with Gasteiger partial charge in [0.25, 0.3) is 0 Å². The number of halogens is 1. The van der Waals surface area contributed by atoms with Crippen molar-refractivity contribution in [3.05, 3.63) is 48.3 Å². The maximum Gasteiger partial charge on any atom is 0.324 e. The highest BCUT2D eigenvalue weighted by atomic mass is 19.1. The number of esters is 1. The van der Waals surface area contributed by atoms with E-state index in [1.807, 2.05) is 0 Å². The molecule has 0 saturated carbocycles. The zero-order chi connectivity index (χ0) is 14.6. The lowest BCUT2D eigenvalue weighted by molar-refractivity contribution is -0.156. The Hall–Kier alpha value is -1.68. The van der Waals surface area contributed by atoms with E-state index in [9.17, 15) is 9.18 Å². The molecule has 0 unspecified atom stereocenters. The zero-order valence-electron chi connectivity index (χ0n) is 11.5. The Kier molecular flexibility index (Phi) is 4.84. The first-order valence-corrected chi connectivity index (χ1v) is 6.11. The van der Waals surface area contributed by atoms with Crippen molar-refractivity contribution in [1.82, 2.24) is 0 Å². The normalized spacial score (nSPS) is 14.6. The van der Waals surface area contributed by atoms with Crippen molar-refractivity contribution in [3.63, 3.8) is 0 Å². The van der Waals surface area contributed by atoms with E-state index in [0.29, 0.717) is 5.56 Å². The van der Waals surface area contributed by atoms with Gasteiger partial charge in [-0.2, -0.15) is 0 Å². The molecule has 0 saturated heterocycles. The second kappa shape index (κ2) is 5.97. The van der Waals surface area contributed by atoms with Gasteiger partial charge >= 0.3 is 5.97 Å². The molecule has 0 fully saturated rings. The minimum atomic E-state index is -0.904. The third-order valence-electron chi connectivity index (χ3n) is 2.55. The Morgan fingerprint density at radius 2 is 2.11 bits per heavy atom. The third-order valence-corrected chi connectivity index (χ3v) is 2.55. The van der Waals surface area contributed by atoms with E-state index in [1.54, 1.807) is 32.9 Å². The molecule has 0 amide bonds. The molecule has 4 heteroatoms. The maximum atomic E-state index is 13.2. The topological polar surface area (TPSA) is 52.3 Å². The van der Waals surface area contributed by atoms with Crippen LogP contribution in [0.1, 0.15) is 32.3 Å². The molecule has 2 atom stereocenters. The molecule has 1 rings (SSSR count). The molecule has 0 radical (unpaired) electrons. The highest BCUT2D eigenvalue weighted by Gasteiger charge is 2.28. The fourth-order valence-electron chi connectivity index (χ4n) is 1.72.